The Balaban J connectivity index is 1.29. The number of rotatable bonds is 7. The summed E-state index contributed by atoms with van der Waals surface area (Å²) in [6, 6.07) is 14.2. The average Bonchev–Trinajstić information content (AvgIpc) is 3.42. The number of benzene rings is 1. The van der Waals surface area contributed by atoms with Crippen LogP contribution in [0.5, 0.6) is 0 Å². The molecule has 0 N–H and O–H groups in total. The lowest BCUT2D eigenvalue weighted by atomic mass is 10.2. The molecule has 4 rings (SSSR count). The van der Waals surface area contributed by atoms with Gasteiger partial charge >= 0.3 is 0 Å². The van der Waals surface area contributed by atoms with Gasteiger partial charge in [-0.2, -0.15) is 0 Å². The van der Waals surface area contributed by atoms with Gasteiger partial charge < -0.3 is 13.9 Å². The maximum absolute atomic E-state index is 12.9. The van der Waals surface area contributed by atoms with Gasteiger partial charge in [0.25, 0.3) is 0 Å². The molecule has 1 aliphatic heterocycles. The number of thioether (sulfide) groups is 1. The van der Waals surface area contributed by atoms with E-state index in [2.05, 4.69) is 39.4 Å². The van der Waals surface area contributed by atoms with Crippen LogP contribution in [0.2, 0.25) is 0 Å². The van der Waals surface area contributed by atoms with Gasteiger partial charge in [0.15, 0.2) is 5.16 Å². The van der Waals surface area contributed by atoms with Crippen LogP contribution in [0, 0.1) is 0 Å². The summed E-state index contributed by atoms with van der Waals surface area (Å²) in [6.07, 6.45) is 3.32. The van der Waals surface area contributed by atoms with Crippen LogP contribution >= 0.6 is 11.8 Å². The number of hydrogen-bond acceptors (Lipinski definition) is 6. The highest BCUT2D eigenvalue weighted by Crippen LogP contribution is 2.24. The Morgan fingerprint density at radius 1 is 1.10 bits per heavy atom. The van der Waals surface area contributed by atoms with Crippen molar-refractivity contribution in [2.24, 2.45) is 0 Å². The highest BCUT2D eigenvalue weighted by Gasteiger charge is 2.26. The van der Waals surface area contributed by atoms with Crippen LogP contribution in [0.1, 0.15) is 18.2 Å². The summed E-state index contributed by atoms with van der Waals surface area (Å²) in [7, 11) is 0. The molecule has 29 heavy (non-hydrogen) atoms. The first-order valence-electron chi connectivity index (χ1n) is 9.81. The Hall–Kier alpha value is -2.58. The second-order valence-corrected chi connectivity index (χ2v) is 8.48. The van der Waals surface area contributed by atoms with Crippen LogP contribution in [-0.4, -0.2) is 61.9 Å². The van der Waals surface area contributed by atoms with E-state index in [1.54, 1.807) is 12.6 Å². The fraction of sp³-hybridized carbons (Fsp3) is 0.381. The molecule has 0 radical (unpaired) electrons. The highest BCUT2D eigenvalue weighted by molar-refractivity contribution is 8.00. The minimum atomic E-state index is -0.213. The fourth-order valence-corrected chi connectivity index (χ4v) is 4.36. The molecular formula is C21H25N5O2S. The van der Waals surface area contributed by atoms with Crippen LogP contribution in [0.25, 0.3) is 0 Å². The summed E-state index contributed by atoms with van der Waals surface area (Å²) in [6.45, 7) is 6.74. The van der Waals surface area contributed by atoms with Crippen molar-refractivity contribution in [1.82, 2.24) is 24.6 Å². The van der Waals surface area contributed by atoms with E-state index >= 15 is 0 Å². The monoisotopic (exact) mass is 411 g/mol. The SMILES string of the molecule is CC(Sc1nncn1Cc1ccco1)C(=O)N1CCN(Cc2ccccc2)CC1. The third kappa shape index (κ3) is 5.07. The molecule has 1 amide bonds. The van der Waals surface area contributed by atoms with Crippen molar-refractivity contribution in [3.63, 3.8) is 0 Å². The molecule has 0 aliphatic carbocycles. The first-order valence-corrected chi connectivity index (χ1v) is 10.7. The first-order chi connectivity index (χ1) is 14.2. The molecule has 1 atom stereocenters. The highest BCUT2D eigenvalue weighted by atomic mass is 32.2. The minimum absolute atomic E-state index is 0.155. The summed E-state index contributed by atoms with van der Waals surface area (Å²) in [5.74, 6) is 0.988. The number of hydrogen-bond donors (Lipinski definition) is 0. The molecule has 0 bridgehead atoms. The van der Waals surface area contributed by atoms with Gasteiger partial charge in [0.2, 0.25) is 5.91 Å². The van der Waals surface area contributed by atoms with Crippen molar-refractivity contribution < 1.29 is 9.21 Å². The van der Waals surface area contributed by atoms with Crippen molar-refractivity contribution in [3.8, 4) is 0 Å². The Kier molecular flexibility index (Phi) is 6.31. The molecule has 1 aliphatic rings. The maximum Gasteiger partial charge on any atom is 0.235 e. The Morgan fingerprint density at radius 3 is 2.62 bits per heavy atom. The molecule has 0 spiro atoms. The van der Waals surface area contributed by atoms with Gasteiger partial charge in [-0.25, -0.2) is 0 Å². The number of amides is 1. The quantitative estimate of drug-likeness (QED) is 0.557. The molecule has 1 unspecified atom stereocenters. The normalized spacial score (nSPS) is 16.1. The van der Waals surface area contributed by atoms with Crippen LogP contribution < -0.4 is 0 Å². The van der Waals surface area contributed by atoms with Gasteiger partial charge in [0.1, 0.15) is 12.1 Å². The third-order valence-corrected chi connectivity index (χ3v) is 6.13. The molecule has 2 aromatic heterocycles. The summed E-state index contributed by atoms with van der Waals surface area (Å²) in [4.78, 5) is 17.3. The zero-order chi connectivity index (χ0) is 20.1. The lowest BCUT2D eigenvalue weighted by Gasteiger charge is -2.35. The predicted octanol–water partition coefficient (Wildman–Crippen LogP) is 2.74. The Morgan fingerprint density at radius 2 is 1.90 bits per heavy atom. The summed E-state index contributed by atoms with van der Waals surface area (Å²) in [5, 5.41) is 8.69. The second kappa shape index (κ2) is 9.28. The van der Waals surface area contributed by atoms with Crippen LogP contribution in [0.3, 0.4) is 0 Å². The lowest BCUT2D eigenvalue weighted by molar-refractivity contribution is -0.132. The van der Waals surface area contributed by atoms with Crippen LogP contribution in [0.4, 0.5) is 0 Å². The average molecular weight is 412 g/mol. The Bertz CT molecular complexity index is 904. The topological polar surface area (TPSA) is 67.4 Å². The van der Waals surface area contributed by atoms with E-state index in [1.165, 1.54) is 17.3 Å². The van der Waals surface area contributed by atoms with E-state index in [0.29, 0.717) is 6.54 Å². The molecular weight excluding hydrogens is 386 g/mol. The van der Waals surface area contributed by atoms with Crippen molar-refractivity contribution in [1.29, 1.82) is 0 Å². The van der Waals surface area contributed by atoms with E-state index in [9.17, 15) is 4.79 Å². The largest absolute Gasteiger partial charge is 0.467 e. The molecule has 7 nitrogen and oxygen atoms in total. The summed E-state index contributed by atoms with van der Waals surface area (Å²) < 4.78 is 7.30. The molecule has 0 saturated carbocycles. The number of nitrogens with zero attached hydrogens (tertiary/aromatic N) is 5. The number of aromatic nitrogens is 3. The molecule has 3 aromatic rings. The van der Waals surface area contributed by atoms with Crippen molar-refractivity contribution in [2.45, 2.75) is 30.4 Å². The van der Waals surface area contributed by atoms with Crippen LogP contribution in [0.15, 0.2) is 64.6 Å². The number of piperazine rings is 1. The lowest BCUT2D eigenvalue weighted by Crippen LogP contribution is -2.50. The molecule has 1 aromatic carbocycles. The van der Waals surface area contributed by atoms with Gasteiger partial charge in [-0.05, 0) is 24.6 Å². The minimum Gasteiger partial charge on any atom is -0.467 e. The molecule has 3 heterocycles. The van der Waals surface area contributed by atoms with E-state index < -0.39 is 0 Å². The van der Waals surface area contributed by atoms with E-state index in [4.69, 9.17) is 4.42 Å². The maximum atomic E-state index is 12.9. The van der Waals surface area contributed by atoms with Gasteiger partial charge in [0.05, 0.1) is 18.1 Å². The van der Waals surface area contributed by atoms with Crippen LogP contribution in [-0.2, 0) is 17.9 Å². The van der Waals surface area contributed by atoms with Gasteiger partial charge in [-0.15, -0.1) is 10.2 Å². The molecule has 8 heteroatoms. The van der Waals surface area contributed by atoms with Gasteiger partial charge in [-0.1, -0.05) is 42.1 Å². The zero-order valence-corrected chi connectivity index (χ0v) is 17.3. The van der Waals surface area contributed by atoms with E-state index in [1.807, 2.05) is 34.6 Å². The first kappa shape index (κ1) is 19.7. The number of carbonyl (C=O) groups excluding carboxylic acids is 1. The molecule has 1 saturated heterocycles. The summed E-state index contributed by atoms with van der Waals surface area (Å²) >= 11 is 1.45. The predicted molar refractivity (Wildman–Crippen MR) is 111 cm³/mol. The van der Waals surface area contributed by atoms with Crippen molar-refractivity contribution in [3.05, 3.63) is 66.4 Å². The van der Waals surface area contributed by atoms with Crippen molar-refractivity contribution >= 4 is 17.7 Å². The molecule has 152 valence electrons. The second-order valence-electron chi connectivity index (χ2n) is 7.17. The van der Waals surface area contributed by atoms with E-state index in [0.717, 1.165) is 43.6 Å². The van der Waals surface area contributed by atoms with E-state index in [-0.39, 0.29) is 11.2 Å². The van der Waals surface area contributed by atoms with Crippen molar-refractivity contribution in [2.75, 3.05) is 26.2 Å². The zero-order valence-electron chi connectivity index (χ0n) is 16.5. The van der Waals surface area contributed by atoms with Gasteiger partial charge in [-0.3, -0.25) is 9.69 Å². The fourth-order valence-electron chi connectivity index (χ4n) is 3.45. The standard InChI is InChI=1S/C21H25N5O2S/c1-17(29-21-23-22-16-26(21)15-19-8-5-13-28-19)20(27)25-11-9-24(10-12-25)14-18-6-3-2-4-7-18/h2-8,13,16-17H,9-12,14-15H2,1H3. The third-order valence-electron chi connectivity index (χ3n) is 5.05. The Labute approximate surface area is 174 Å². The van der Waals surface area contributed by atoms with Gasteiger partial charge in [0, 0.05) is 32.7 Å². The smallest absolute Gasteiger partial charge is 0.235 e. The molecule has 1 fully saturated rings. The number of furan rings is 1. The summed E-state index contributed by atoms with van der Waals surface area (Å²) in [5.41, 5.74) is 1.31. The number of carbonyl (C=O) groups is 1.